The molecule has 0 atom stereocenters. The quantitative estimate of drug-likeness (QED) is 0.119. The molecule has 0 saturated carbocycles. The lowest BCUT2D eigenvalue weighted by molar-refractivity contribution is 1.59. The van der Waals surface area contributed by atoms with Crippen LogP contribution in [0.3, 0.4) is 0 Å². The summed E-state index contributed by atoms with van der Waals surface area (Å²) in [7, 11) is 0. The van der Waals surface area contributed by atoms with Gasteiger partial charge in [-0.3, -0.25) is 0 Å². The Kier molecular flexibility index (Phi) is 8.34. The molecule has 0 N–H and O–H groups in total. The van der Waals surface area contributed by atoms with Crippen molar-refractivity contribution in [3.63, 3.8) is 0 Å². The predicted molar refractivity (Wildman–Crippen MR) is 344 cm³/mol. The van der Waals surface area contributed by atoms with E-state index >= 15 is 0 Å². The lowest BCUT2D eigenvalue weighted by atomic mass is 9.81. The average Bonchev–Trinajstić information content (AvgIpc) is 4.27. The molecule has 19 rings (SSSR count). The maximum absolute atomic E-state index is 2.51. The van der Waals surface area contributed by atoms with Gasteiger partial charge in [0.05, 0.1) is 0 Å². The summed E-state index contributed by atoms with van der Waals surface area (Å²) in [5.41, 5.74) is 17.8. The second-order valence-electron chi connectivity index (χ2n) is 22.4. The van der Waals surface area contributed by atoms with Gasteiger partial charge in [-0.15, -0.1) is 0 Å². The molecule has 18 aromatic rings. The predicted octanol–water partition coefficient (Wildman–Crippen LogP) is 22.7. The van der Waals surface area contributed by atoms with E-state index in [0.29, 0.717) is 0 Å². The summed E-state index contributed by atoms with van der Waals surface area (Å²) in [6, 6.07) is 101. The SMILES string of the molecule is c1ccc(-c2ccc3cc4c(-c5ccccc5)c5c6ccc7c8ccc9c%10c(ccc(c%11ccc(c6c7%11)c5c5c6ccccc6c(c3c2)c45)c%108)-c2c-9c(-c3ccccc3)c3ccccc3c2-c2ccccc2-c2ccccc2)cc1. The Hall–Kier alpha value is -10.4. The first-order chi connectivity index (χ1) is 39.8. The summed E-state index contributed by atoms with van der Waals surface area (Å²) < 4.78 is 0. The highest BCUT2D eigenvalue weighted by Crippen LogP contribution is 2.62. The third-order valence-corrected chi connectivity index (χ3v) is 18.6. The number of fused-ring (bicyclic) bond motifs is 15. The maximum Gasteiger partial charge on any atom is -0.000696 e. The molecule has 0 aliphatic heterocycles. The zero-order chi connectivity index (χ0) is 51.9. The van der Waals surface area contributed by atoms with Crippen molar-refractivity contribution in [3.8, 4) is 77.9 Å². The fourth-order valence-electron chi connectivity index (χ4n) is 15.5. The van der Waals surface area contributed by atoms with Gasteiger partial charge in [-0.2, -0.15) is 0 Å². The first-order valence-electron chi connectivity index (χ1n) is 28.1. The number of hydrogen-bond donors (Lipinski definition) is 0. The monoisotopic (exact) mass is 1000 g/mol. The van der Waals surface area contributed by atoms with E-state index in [0.717, 1.165) is 0 Å². The third-order valence-electron chi connectivity index (χ3n) is 18.6. The normalized spacial score (nSPS) is 12.5. The van der Waals surface area contributed by atoms with Crippen molar-refractivity contribution >= 4 is 118 Å². The third kappa shape index (κ3) is 5.40. The van der Waals surface area contributed by atoms with Crippen molar-refractivity contribution in [2.75, 3.05) is 0 Å². The molecule has 1 aliphatic rings. The molecule has 0 heterocycles. The van der Waals surface area contributed by atoms with Gasteiger partial charge in [0.15, 0.2) is 0 Å². The molecule has 0 aromatic heterocycles. The van der Waals surface area contributed by atoms with Gasteiger partial charge in [-0.25, -0.2) is 0 Å². The van der Waals surface area contributed by atoms with Gasteiger partial charge in [0.25, 0.3) is 0 Å². The molecule has 0 nitrogen and oxygen atoms in total. The van der Waals surface area contributed by atoms with E-state index < -0.39 is 0 Å². The van der Waals surface area contributed by atoms with E-state index in [1.54, 1.807) is 0 Å². The zero-order valence-corrected chi connectivity index (χ0v) is 43.4. The van der Waals surface area contributed by atoms with Crippen LogP contribution in [-0.4, -0.2) is 0 Å². The maximum atomic E-state index is 2.51. The highest BCUT2D eigenvalue weighted by atomic mass is 14.4. The van der Waals surface area contributed by atoms with Gasteiger partial charge < -0.3 is 0 Å². The Balaban J connectivity index is 0.954. The van der Waals surface area contributed by atoms with Gasteiger partial charge in [0.1, 0.15) is 0 Å². The largest absolute Gasteiger partial charge is 0.0622 e. The molecule has 364 valence electrons. The summed E-state index contributed by atoms with van der Waals surface area (Å²) in [5.74, 6) is 0. The van der Waals surface area contributed by atoms with Crippen molar-refractivity contribution in [3.05, 3.63) is 267 Å². The van der Waals surface area contributed by atoms with Crippen molar-refractivity contribution in [2.24, 2.45) is 0 Å². The molecule has 0 amide bonds. The molecule has 0 saturated heterocycles. The second kappa shape index (κ2) is 15.6. The first-order valence-corrected chi connectivity index (χ1v) is 28.1. The zero-order valence-electron chi connectivity index (χ0n) is 43.4. The number of rotatable bonds is 5. The Morgan fingerprint density at radius 3 is 1.18 bits per heavy atom. The summed E-state index contributed by atoms with van der Waals surface area (Å²) in [4.78, 5) is 0. The molecule has 0 fully saturated rings. The van der Waals surface area contributed by atoms with Gasteiger partial charge in [0.2, 0.25) is 0 Å². The summed E-state index contributed by atoms with van der Waals surface area (Å²) in [6.45, 7) is 0. The molecule has 0 bridgehead atoms. The van der Waals surface area contributed by atoms with Crippen LogP contribution in [0.25, 0.3) is 196 Å². The van der Waals surface area contributed by atoms with E-state index in [4.69, 9.17) is 0 Å². The van der Waals surface area contributed by atoms with Gasteiger partial charge in [-0.05, 0) is 209 Å². The van der Waals surface area contributed by atoms with Crippen molar-refractivity contribution < 1.29 is 0 Å². The molecule has 1 aliphatic carbocycles. The van der Waals surface area contributed by atoms with Crippen LogP contribution in [0.1, 0.15) is 0 Å². The van der Waals surface area contributed by atoms with Crippen LogP contribution in [0.2, 0.25) is 0 Å². The summed E-state index contributed by atoms with van der Waals surface area (Å²) in [6.07, 6.45) is 0. The molecule has 18 aromatic carbocycles. The standard InChI is InChI=1S/C80H44/c1-5-19-45(20-6-1)49-33-34-50-44-66-68(48-25-11-4-12-26-48)77-62-40-36-58-57-35-39-61-73-63(41-37-59(69(57)73)60-38-42-64(74(62)70(58)60)79(77)75-56-32-18-17-31-55(56)72(80(66)75)65(50)43-49)78-71(52-28-14-13-27-51(52)46-21-7-2-8-22-46)54-30-16-15-29-53(54)67(76(61)78)47-23-9-3-10-24-47/h1-44H. The van der Waals surface area contributed by atoms with Gasteiger partial charge in [-0.1, -0.05) is 255 Å². The first kappa shape index (κ1) is 42.7. The van der Waals surface area contributed by atoms with E-state index in [-0.39, 0.29) is 0 Å². The Bertz CT molecular complexity index is 5640. The Labute approximate surface area is 460 Å². The van der Waals surface area contributed by atoms with Crippen molar-refractivity contribution in [1.82, 2.24) is 0 Å². The van der Waals surface area contributed by atoms with Crippen LogP contribution in [0, 0.1) is 0 Å². The fourth-order valence-corrected chi connectivity index (χ4v) is 15.5. The summed E-state index contributed by atoms with van der Waals surface area (Å²) >= 11 is 0. The molecule has 80 heavy (non-hydrogen) atoms. The van der Waals surface area contributed by atoms with Crippen molar-refractivity contribution in [1.29, 1.82) is 0 Å². The van der Waals surface area contributed by atoms with E-state index in [2.05, 4.69) is 267 Å². The lowest BCUT2D eigenvalue weighted by Gasteiger charge is -2.22. The molecular formula is C80H44. The summed E-state index contributed by atoms with van der Waals surface area (Å²) in [5, 5.41) is 29.1. The molecule has 0 unspecified atom stereocenters. The van der Waals surface area contributed by atoms with Crippen molar-refractivity contribution in [2.45, 2.75) is 0 Å². The van der Waals surface area contributed by atoms with Gasteiger partial charge >= 0.3 is 0 Å². The van der Waals surface area contributed by atoms with E-state index in [1.807, 2.05) is 0 Å². The van der Waals surface area contributed by atoms with Crippen LogP contribution < -0.4 is 0 Å². The van der Waals surface area contributed by atoms with E-state index in [1.165, 1.54) is 196 Å². The molecule has 0 heteroatoms. The fraction of sp³-hybridized carbons (Fsp3) is 0. The second-order valence-corrected chi connectivity index (χ2v) is 22.4. The molecular weight excluding hydrogens is 961 g/mol. The van der Waals surface area contributed by atoms with Crippen LogP contribution in [0.5, 0.6) is 0 Å². The minimum Gasteiger partial charge on any atom is -0.0622 e. The number of benzene rings is 16. The smallest absolute Gasteiger partial charge is 0.000696 e. The van der Waals surface area contributed by atoms with E-state index in [9.17, 15) is 0 Å². The highest BCUT2D eigenvalue weighted by Gasteiger charge is 2.34. The topological polar surface area (TPSA) is 0 Å². The molecule has 0 radical (unpaired) electrons. The Morgan fingerprint density at radius 2 is 0.537 bits per heavy atom. The van der Waals surface area contributed by atoms with Crippen LogP contribution in [0.4, 0.5) is 0 Å². The van der Waals surface area contributed by atoms with Gasteiger partial charge in [0, 0.05) is 0 Å². The minimum absolute atomic E-state index is 1.22. The van der Waals surface area contributed by atoms with Crippen LogP contribution in [-0.2, 0) is 0 Å². The molecule has 0 spiro atoms. The minimum atomic E-state index is 1.22. The van der Waals surface area contributed by atoms with Crippen LogP contribution in [0.15, 0.2) is 267 Å². The average molecular weight is 1010 g/mol. The van der Waals surface area contributed by atoms with Crippen LogP contribution >= 0.6 is 0 Å². The lowest BCUT2D eigenvalue weighted by Crippen LogP contribution is -1.95. The Morgan fingerprint density at radius 1 is 0.138 bits per heavy atom. The highest BCUT2D eigenvalue weighted by molar-refractivity contribution is 6.53. The number of hydrogen-bond acceptors (Lipinski definition) is 0.